The molecule has 0 aliphatic carbocycles. The van der Waals surface area contributed by atoms with Gasteiger partial charge in [-0.2, -0.15) is 11.8 Å². The van der Waals surface area contributed by atoms with Crippen LogP contribution in [0.25, 0.3) is 0 Å². The molecule has 2 N–H and O–H groups in total. The molecule has 0 aliphatic heterocycles. The Bertz CT molecular complexity index is 982. The zero-order valence-corrected chi connectivity index (χ0v) is 17.7. The average Bonchev–Trinajstić information content (AvgIpc) is 2.71. The Labute approximate surface area is 175 Å². The van der Waals surface area contributed by atoms with E-state index >= 15 is 0 Å². The number of nitrogens with one attached hydrogen (secondary N) is 2. The van der Waals surface area contributed by atoms with Gasteiger partial charge in [0, 0.05) is 59.2 Å². The van der Waals surface area contributed by atoms with E-state index in [0.717, 1.165) is 27.2 Å². The minimum Gasteiger partial charge on any atom is -0.481 e. The molecule has 9 heteroatoms. The normalized spacial score (nSPS) is 10.6. The molecule has 3 aromatic heterocycles. The van der Waals surface area contributed by atoms with E-state index in [0.29, 0.717) is 30.4 Å². The van der Waals surface area contributed by atoms with E-state index in [-0.39, 0.29) is 5.56 Å². The summed E-state index contributed by atoms with van der Waals surface area (Å²) < 4.78 is 6.13. The van der Waals surface area contributed by atoms with Crippen LogP contribution < -0.4 is 15.6 Å². The van der Waals surface area contributed by atoms with Crippen molar-refractivity contribution in [2.45, 2.75) is 12.2 Å². The van der Waals surface area contributed by atoms with Gasteiger partial charge in [-0.15, -0.1) is 0 Å². The molecule has 0 saturated carbocycles. The summed E-state index contributed by atoms with van der Waals surface area (Å²) in [7, 11) is 1.56. The summed E-state index contributed by atoms with van der Waals surface area (Å²) >= 11 is 5.26. The highest BCUT2D eigenvalue weighted by Gasteiger charge is 2.06. The van der Waals surface area contributed by atoms with Gasteiger partial charge in [-0.25, -0.2) is 9.97 Å². The minimum atomic E-state index is -0.154. The third kappa shape index (κ3) is 5.80. The predicted molar refractivity (Wildman–Crippen MR) is 115 cm³/mol. The molecule has 0 spiro atoms. The first-order chi connectivity index (χ1) is 13.7. The number of ether oxygens (including phenoxy) is 1. The van der Waals surface area contributed by atoms with E-state index in [1.807, 2.05) is 24.3 Å². The van der Waals surface area contributed by atoms with Gasteiger partial charge >= 0.3 is 0 Å². The number of methoxy groups -OCH3 is 1. The molecule has 0 radical (unpaired) electrons. The highest BCUT2D eigenvalue weighted by molar-refractivity contribution is 9.10. The minimum absolute atomic E-state index is 0.154. The van der Waals surface area contributed by atoms with Crippen molar-refractivity contribution in [2.24, 2.45) is 0 Å². The van der Waals surface area contributed by atoms with Crippen LogP contribution >= 0.6 is 27.7 Å². The number of halogens is 1. The second-order valence-corrected chi connectivity index (χ2v) is 7.84. The lowest BCUT2D eigenvalue weighted by Gasteiger charge is -2.07. The van der Waals surface area contributed by atoms with E-state index in [4.69, 9.17) is 4.74 Å². The van der Waals surface area contributed by atoms with E-state index in [2.05, 4.69) is 41.2 Å². The second-order valence-electron chi connectivity index (χ2n) is 5.88. The van der Waals surface area contributed by atoms with Crippen molar-refractivity contribution in [3.8, 4) is 5.88 Å². The summed E-state index contributed by atoms with van der Waals surface area (Å²) in [6, 6.07) is 7.55. The smallest absolute Gasteiger partial charge is 0.255 e. The molecular weight excluding hydrogens is 442 g/mol. The molecule has 0 saturated heterocycles. The first-order valence-corrected chi connectivity index (χ1v) is 10.6. The molecule has 0 bridgehead atoms. The summed E-state index contributed by atoms with van der Waals surface area (Å²) in [5.41, 5.74) is 2.40. The predicted octanol–water partition coefficient (Wildman–Crippen LogP) is 3.27. The number of pyridine rings is 2. The van der Waals surface area contributed by atoms with Gasteiger partial charge in [0.25, 0.3) is 5.56 Å². The number of anilines is 1. The van der Waals surface area contributed by atoms with Gasteiger partial charge in [0.05, 0.1) is 12.8 Å². The maximum Gasteiger partial charge on any atom is 0.255 e. The number of thioether (sulfide) groups is 1. The van der Waals surface area contributed by atoms with Gasteiger partial charge < -0.3 is 10.1 Å². The van der Waals surface area contributed by atoms with Crippen molar-refractivity contribution < 1.29 is 4.74 Å². The molecule has 0 aromatic carbocycles. The Balaban J connectivity index is 1.48. The van der Waals surface area contributed by atoms with Gasteiger partial charge in [0.1, 0.15) is 0 Å². The van der Waals surface area contributed by atoms with Gasteiger partial charge in [-0.1, -0.05) is 0 Å². The van der Waals surface area contributed by atoms with Crippen LogP contribution in [0, 0.1) is 0 Å². The number of hydrogen-bond acceptors (Lipinski definition) is 7. The van der Waals surface area contributed by atoms with Gasteiger partial charge in [0.2, 0.25) is 11.8 Å². The van der Waals surface area contributed by atoms with Crippen molar-refractivity contribution in [3.05, 3.63) is 74.5 Å². The van der Waals surface area contributed by atoms with Crippen molar-refractivity contribution in [3.63, 3.8) is 0 Å². The van der Waals surface area contributed by atoms with Crippen LogP contribution in [0.4, 0.5) is 5.95 Å². The molecule has 0 fully saturated rings. The Morgan fingerprint density at radius 2 is 2.14 bits per heavy atom. The van der Waals surface area contributed by atoms with Crippen LogP contribution in [0.15, 0.2) is 52.1 Å². The zero-order chi connectivity index (χ0) is 19.8. The first kappa shape index (κ1) is 20.3. The fourth-order valence-corrected chi connectivity index (χ4v) is 3.86. The lowest BCUT2D eigenvalue weighted by Crippen LogP contribution is -2.18. The maximum absolute atomic E-state index is 12.3. The zero-order valence-electron chi connectivity index (χ0n) is 15.3. The standard InChI is InChI=1S/C19H20BrN5O2S/c1-27-17-10-13(4-6-22-17)9-14-11-24-19(25-18(14)26)23-7-8-28-12-16-15(20)3-2-5-21-16/h2-6,10-11H,7-9,12H2,1H3,(H2,23,24,25,26). The SMILES string of the molecule is COc1cc(Cc2cnc(NCCSCc3ncccc3Br)[nH]c2=O)ccn1. The number of nitrogens with zero attached hydrogens (tertiary/aromatic N) is 3. The van der Waals surface area contributed by atoms with Gasteiger partial charge in [-0.05, 0) is 39.7 Å². The number of hydrogen-bond donors (Lipinski definition) is 2. The number of aromatic amines is 1. The van der Waals surface area contributed by atoms with Gasteiger partial charge in [-0.3, -0.25) is 14.8 Å². The summed E-state index contributed by atoms with van der Waals surface area (Å²) in [6.07, 6.45) is 5.52. The highest BCUT2D eigenvalue weighted by Crippen LogP contribution is 2.18. The van der Waals surface area contributed by atoms with Crippen LogP contribution in [0.3, 0.4) is 0 Å². The lowest BCUT2D eigenvalue weighted by molar-refractivity contribution is 0.397. The molecule has 0 unspecified atom stereocenters. The Kier molecular flexibility index (Phi) is 7.44. The van der Waals surface area contributed by atoms with Crippen molar-refractivity contribution >= 4 is 33.6 Å². The molecule has 7 nitrogen and oxygen atoms in total. The summed E-state index contributed by atoms with van der Waals surface area (Å²) in [6.45, 7) is 0.693. The molecule has 28 heavy (non-hydrogen) atoms. The number of rotatable bonds is 9. The number of aromatic nitrogens is 4. The van der Waals surface area contributed by atoms with E-state index in [1.54, 1.807) is 37.5 Å². The van der Waals surface area contributed by atoms with Crippen molar-refractivity contribution in [1.82, 2.24) is 19.9 Å². The first-order valence-electron chi connectivity index (χ1n) is 8.64. The molecule has 3 aromatic rings. The van der Waals surface area contributed by atoms with E-state index in [1.165, 1.54) is 0 Å². The summed E-state index contributed by atoms with van der Waals surface area (Å²) in [4.78, 5) is 27.8. The van der Waals surface area contributed by atoms with Crippen LogP contribution in [0.5, 0.6) is 5.88 Å². The van der Waals surface area contributed by atoms with Gasteiger partial charge in [0.15, 0.2) is 0 Å². The Morgan fingerprint density at radius 3 is 2.93 bits per heavy atom. The van der Waals surface area contributed by atoms with Crippen LogP contribution in [0.2, 0.25) is 0 Å². The summed E-state index contributed by atoms with van der Waals surface area (Å²) in [5.74, 6) is 2.68. The molecule has 0 aliphatic rings. The molecule has 146 valence electrons. The number of H-pyrrole nitrogens is 1. The third-order valence-corrected chi connectivity index (χ3v) is 5.58. The Hall–Kier alpha value is -2.39. The van der Waals surface area contributed by atoms with Crippen LogP contribution in [-0.2, 0) is 12.2 Å². The third-order valence-electron chi connectivity index (χ3n) is 3.89. The molecule has 0 atom stereocenters. The topological polar surface area (TPSA) is 92.8 Å². The molecule has 3 rings (SSSR count). The maximum atomic E-state index is 12.3. The van der Waals surface area contributed by atoms with Crippen LogP contribution in [0.1, 0.15) is 16.8 Å². The molecule has 0 amide bonds. The fourth-order valence-electron chi connectivity index (χ4n) is 2.46. The fraction of sp³-hybridized carbons (Fsp3) is 0.263. The molecular formula is C19H20BrN5O2S. The van der Waals surface area contributed by atoms with E-state index in [9.17, 15) is 4.79 Å². The van der Waals surface area contributed by atoms with Crippen LogP contribution in [-0.4, -0.2) is 39.3 Å². The monoisotopic (exact) mass is 461 g/mol. The summed E-state index contributed by atoms with van der Waals surface area (Å²) in [5, 5.41) is 3.15. The average molecular weight is 462 g/mol. The van der Waals surface area contributed by atoms with Crippen molar-refractivity contribution in [1.29, 1.82) is 0 Å². The van der Waals surface area contributed by atoms with Crippen molar-refractivity contribution in [2.75, 3.05) is 24.7 Å². The molecule has 3 heterocycles. The highest BCUT2D eigenvalue weighted by atomic mass is 79.9. The Morgan fingerprint density at radius 1 is 1.25 bits per heavy atom. The quantitative estimate of drug-likeness (QED) is 0.472. The second kappa shape index (κ2) is 10.2. The lowest BCUT2D eigenvalue weighted by atomic mass is 10.1. The largest absolute Gasteiger partial charge is 0.481 e. The van der Waals surface area contributed by atoms with E-state index < -0.39 is 0 Å².